The van der Waals surface area contributed by atoms with Crippen LogP contribution < -0.4 is 0 Å². The Morgan fingerprint density at radius 3 is 2.78 bits per heavy atom. The van der Waals surface area contributed by atoms with Crippen LogP contribution in [0.15, 0.2) is 18.6 Å². The molecule has 2 atom stereocenters. The van der Waals surface area contributed by atoms with Crippen LogP contribution >= 0.6 is 0 Å². The zero-order valence-corrected chi connectivity index (χ0v) is 9.93. The van der Waals surface area contributed by atoms with Crippen molar-refractivity contribution in [3.8, 4) is 11.5 Å². The summed E-state index contributed by atoms with van der Waals surface area (Å²) in [5, 5.41) is 20.2. The van der Waals surface area contributed by atoms with E-state index in [1.807, 2.05) is 0 Å². The Labute approximate surface area is 103 Å². The maximum atomic E-state index is 11.0. The number of hydrogen-bond donors (Lipinski definition) is 1. The van der Waals surface area contributed by atoms with E-state index in [1.54, 1.807) is 20.0 Å². The average molecular weight is 248 g/mol. The first-order valence-corrected chi connectivity index (χ1v) is 5.38. The molecular weight excluding hydrogens is 236 g/mol. The molecule has 0 aliphatic carbocycles. The second-order valence-corrected chi connectivity index (χ2v) is 3.91. The number of hydrogen-bond acceptors (Lipinski definition) is 6. The average Bonchev–Trinajstić information content (AvgIpc) is 2.87. The highest BCUT2D eigenvalue weighted by Gasteiger charge is 2.25. The molecule has 8 nitrogen and oxygen atoms in total. The lowest BCUT2D eigenvalue weighted by molar-refractivity contribution is -0.142. The lowest BCUT2D eigenvalue weighted by atomic mass is 10.0. The first kappa shape index (κ1) is 12.1. The highest BCUT2D eigenvalue weighted by Crippen LogP contribution is 2.21. The molecular formula is C10H12N6O2. The summed E-state index contributed by atoms with van der Waals surface area (Å²) in [6.07, 6.45) is 4.60. The fourth-order valence-electron chi connectivity index (χ4n) is 1.47. The molecule has 0 bridgehead atoms. The summed E-state index contributed by atoms with van der Waals surface area (Å²) in [6.45, 7) is 3.35. The molecule has 94 valence electrons. The zero-order valence-electron chi connectivity index (χ0n) is 9.93. The van der Waals surface area contributed by atoms with Gasteiger partial charge in [0, 0.05) is 12.4 Å². The van der Waals surface area contributed by atoms with E-state index < -0.39 is 11.9 Å². The molecule has 1 N–H and O–H groups in total. The van der Waals surface area contributed by atoms with E-state index in [2.05, 4.69) is 25.5 Å². The fourth-order valence-corrected chi connectivity index (χ4v) is 1.47. The van der Waals surface area contributed by atoms with Crippen molar-refractivity contribution in [3.63, 3.8) is 0 Å². The standard InChI is InChI=1S/C10H12N6O2/c1-6(10(17)18)7(2)16-9(13-14-15-16)8-5-11-3-4-12-8/h3-7H,1-2H3,(H,17,18). The van der Waals surface area contributed by atoms with Gasteiger partial charge in [0.2, 0.25) is 5.82 Å². The van der Waals surface area contributed by atoms with Crippen LogP contribution in [0.2, 0.25) is 0 Å². The van der Waals surface area contributed by atoms with Gasteiger partial charge < -0.3 is 5.11 Å². The van der Waals surface area contributed by atoms with Gasteiger partial charge in [0.15, 0.2) is 0 Å². The Morgan fingerprint density at radius 2 is 2.17 bits per heavy atom. The summed E-state index contributed by atoms with van der Waals surface area (Å²) in [6, 6.07) is -0.380. The number of rotatable bonds is 4. The molecule has 2 aromatic rings. The van der Waals surface area contributed by atoms with Gasteiger partial charge in [0.05, 0.1) is 18.2 Å². The third-order valence-electron chi connectivity index (χ3n) is 2.78. The highest BCUT2D eigenvalue weighted by molar-refractivity contribution is 5.70. The molecule has 0 aliphatic rings. The number of aromatic nitrogens is 6. The van der Waals surface area contributed by atoms with Gasteiger partial charge in [-0.1, -0.05) is 0 Å². The molecule has 2 heterocycles. The van der Waals surface area contributed by atoms with Gasteiger partial charge >= 0.3 is 5.97 Å². The van der Waals surface area contributed by atoms with E-state index in [1.165, 1.54) is 17.1 Å². The lowest BCUT2D eigenvalue weighted by Gasteiger charge is -2.16. The van der Waals surface area contributed by atoms with Crippen molar-refractivity contribution in [2.75, 3.05) is 0 Å². The van der Waals surface area contributed by atoms with Crippen molar-refractivity contribution in [2.45, 2.75) is 19.9 Å². The van der Waals surface area contributed by atoms with Gasteiger partial charge in [-0.3, -0.25) is 9.78 Å². The van der Waals surface area contributed by atoms with Gasteiger partial charge in [0.25, 0.3) is 0 Å². The molecule has 0 spiro atoms. The van der Waals surface area contributed by atoms with Crippen LogP contribution in [-0.4, -0.2) is 41.3 Å². The zero-order chi connectivity index (χ0) is 13.1. The quantitative estimate of drug-likeness (QED) is 0.834. The fraction of sp³-hybridized carbons (Fsp3) is 0.400. The number of aliphatic carboxylic acids is 1. The van der Waals surface area contributed by atoms with Crippen LogP contribution in [0.25, 0.3) is 11.5 Å². The molecule has 0 fully saturated rings. The first-order valence-electron chi connectivity index (χ1n) is 5.38. The number of tetrazole rings is 1. The predicted molar refractivity (Wildman–Crippen MR) is 60.4 cm³/mol. The first-order chi connectivity index (χ1) is 8.61. The van der Waals surface area contributed by atoms with Gasteiger partial charge in [-0.05, 0) is 24.3 Å². The van der Waals surface area contributed by atoms with Crippen LogP contribution in [0.1, 0.15) is 19.9 Å². The van der Waals surface area contributed by atoms with Gasteiger partial charge in [-0.25, -0.2) is 9.67 Å². The molecule has 0 amide bonds. The SMILES string of the molecule is CC(C(=O)O)C(C)n1nnnc1-c1cnccn1. The molecule has 0 saturated heterocycles. The van der Waals surface area contributed by atoms with E-state index in [-0.39, 0.29) is 6.04 Å². The van der Waals surface area contributed by atoms with Crippen LogP contribution in [0.4, 0.5) is 0 Å². The Bertz CT molecular complexity index is 540. The van der Waals surface area contributed by atoms with Gasteiger partial charge in [-0.2, -0.15) is 0 Å². The van der Waals surface area contributed by atoms with Crippen LogP contribution in [-0.2, 0) is 4.79 Å². The van der Waals surface area contributed by atoms with Crippen LogP contribution in [0.3, 0.4) is 0 Å². The number of nitrogens with zero attached hydrogens (tertiary/aromatic N) is 6. The summed E-state index contributed by atoms with van der Waals surface area (Å²) < 4.78 is 1.45. The summed E-state index contributed by atoms with van der Waals surface area (Å²) >= 11 is 0. The predicted octanol–water partition coefficient (Wildman–Crippen LogP) is 0.412. The number of carboxylic acid groups (broad SMARTS) is 1. The largest absolute Gasteiger partial charge is 0.481 e. The highest BCUT2D eigenvalue weighted by atomic mass is 16.4. The molecule has 2 aromatic heterocycles. The molecule has 0 radical (unpaired) electrons. The third kappa shape index (κ3) is 2.17. The molecule has 0 aliphatic heterocycles. The minimum absolute atomic E-state index is 0.380. The molecule has 2 unspecified atom stereocenters. The Hall–Kier alpha value is -2.38. The third-order valence-corrected chi connectivity index (χ3v) is 2.78. The lowest BCUT2D eigenvalue weighted by Crippen LogP contribution is -2.23. The topological polar surface area (TPSA) is 107 Å². The minimum Gasteiger partial charge on any atom is -0.481 e. The van der Waals surface area contributed by atoms with Crippen molar-refractivity contribution in [3.05, 3.63) is 18.6 Å². The number of carboxylic acids is 1. The monoisotopic (exact) mass is 248 g/mol. The van der Waals surface area contributed by atoms with Crippen molar-refractivity contribution < 1.29 is 9.90 Å². The Kier molecular flexibility index (Phi) is 3.26. The Balaban J connectivity index is 2.37. The second-order valence-electron chi connectivity index (χ2n) is 3.91. The van der Waals surface area contributed by atoms with Crippen LogP contribution in [0, 0.1) is 5.92 Å². The normalized spacial score (nSPS) is 14.1. The summed E-state index contributed by atoms with van der Waals surface area (Å²) in [5.74, 6) is -1.10. The second kappa shape index (κ2) is 4.86. The maximum absolute atomic E-state index is 11.0. The van der Waals surface area contributed by atoms with Crippen molar-refractivity contribution in [1.29, 1.82) is 0 Å². The Morgan fingerprint density at radius 1 is 1.39 bits per heavy atom. The summed E-state index contributed by atoms with van der Waals surface area (Å²) in [7, 11) is 0. The molecule has 0 aromatic carbocycles. The van der Waals surface area contributed by atoms with E-state index in [0.29, 0.717) is 11.5 Å². The van der Waals surface area contributed by atoms with Gasteiger partial charge in [-0.15, -0.1) is 5.10 Å². The van der Waals surface area contributed by atoms with E-state index in [9.17, 15) is 4.79 Å². The molecule has 8 heteroatoms. The minimum atomic E-state index is -0.900. The van der Waals surface area contributed by atoms with E-state index in [0.717, 1.165) is 0 Å². The molecule has 0 saturated carbocycles. The van der Waals surface area contributed by atoms with Crippen LogP contribution in [0.5, 0.6) is 0 Å². The summed E-state index contributed by atoms with van der Waals surface area (Å²) in [5.41, 5.74) is 0.506. The van der Waals surface area contributed by atoms with Crippen molar-refractivity contribution in [2.24, 2.45) is 5.92 Å². The number of carbonyl (C=O) groups is 1. The van der Waals surface area contributed by atoms with Crippen molar-refractivity contribution >= 4 is 5.97 Å². The summed E-state index contributed by atoms with van der Waals surface area (Å²) in [4.78, 5) is 19.0. The smallest absolute Gasteiger partial charge is 0.308 e. The molecule has 2 rings (SSSR count). The van der Waals surface area contributed by atoms with E-state index in [4.69, 9.17) is 5.11 Å². The maximum Gasteiger partial charge on any atom is 0.308 e. The van der Waals surface area contributed by atoms with Gasteiger partial charge in [0.1, 0.15) is 5.69 Å². The van der Waals surface area contributed by atoms with Crippen molar-refractivity contribution in [1.82, 2.24) is 30.2 Å². The van der Waals surface area contributed by atoms with E-state index >= 15 is 0 Å². The molecule has 18 heavy (non-hydrogen) atoms.